The van der Waals surface area contributed by atoms with Gasteiger partial charge in [0.2, 0.25) is 10.0 Å². The van der Waals surface area contributed by atoms with Crippen LogP contribution in [0.25, 0.3) is 0 Å². The van der Waals surface area contributed by atoms with Crippen LogP contribution in [0.4, 0.5) is 4.39 Å². The highest BCUT2D eigenvalue weighted by molar-refractivity contribution is 7.89. The Morgan fingerprint density at radius 3 is 2.57 bits per heavy atom. The summed E-state index contributed by atoms with van der Waals surface area (Å²) in [6.07, 6.45) is 0. The van der Waals surface area contributed by atoms with Crippen molar-refractivity contribution in [1.82, 2.24) is 9.21 Å². The van der Waals surface area contributed by atoms with Gasteiger partial charge < -0.3 is 10.9 Å². The summed E-state index contributed by atoms with van der Waals surface area (Å²) in [6, 6.07) is 4.96. The van der Waals surface area contributed by atoms with Crippen molar-refractivity contribution < 1.29 is 18.0 Å². The van der Waals surface area contributed by atoms with E-state index >= 15 is 0 Å². The van der Waals surface area contributed by atoms with Crippen LogP contribution >= 0.6 is 0 Å². The number of piperazine rings is 1. The Balaban J connectivity index is 2.04. The van der Waals surface area contributed by atoms with Crippen LogP contribution in [0.5, 0.6) is 0 Å². The van der Waals surface area contributed by atoms with Crippen LogP contribution < -0.4 is 5.73 Å². The van der Waals surface area contributed by atoms with E-state index in [1.54, 1.807) is 0 Å². The van der Waals surface area contributed by atoms with Crippen molar-refractivity contribution in [2.24, 2.45) is 10.9 Å². The Morgan fingerprint density at radius 1 is 1.33 bits per heavy atom. The normalized spacial score (nSPS) is 18.8. The molecule has 2 rings (SSSR count). The molecule has 1 aliphatic rings. The monoisotopic (exact) mass is 316 g/mol. The van der Waals surface area contributed by atoms with Crippen LogP contribution in [0.15, 0.2) is 34.3 Å². The lowest BCUT2D eigenvalue weighted by Gasteiger charge is -2.33. The number of halogens is 1. The SMILES string of the molecule is NC(CN1CCN(S(=O)(=O)c2cccc(F)c2)CC1)=NO. The summed E-state index contributed by atoms with van der Waals surface area (Å²) >= 11 is 0. The molecule has 3 N–H and O–H groups in total. The first-order valence-corrected chi connectivity index (χ1v) is 7.82. The molecule has 0 aliphatic carbocycles. The summed E-state index contributed by atoms with van der Waals surface area (Å²) in [4.78, 5) is 1.83. The molecule has 0 bridgehead atoms. The number of sulfonamides is 1. The molecule has 0 atom stereocenters. The second-order valence-corrected chi connectivity index (χ2v) is 6.67. The van der Waals surface area contributed by atoms with Gasteiger partial charge in [-0.05, 0) is 18.2 Å². The van der Waals surface area contributed by atoms with E-state index in [2.05, 4.69) is 5.16 Å². The van der Waals surface area contributed by atoms with E-state index in [0.29, 0.717) is 13.1 Å². The third kappa shape index (κ3) is 3.69. The molecule has 0 spiro atoms. The number of oxime groups is 1. The van der Waals surface area contributed by atoms with E-state index in [9.17, 15) is 12.8 Å². The molecule has 9 heteroatoms. The molecule has 7 nitrogen and oxygen atoms in total. The second-order valence-electron chi connectivity index (χ2n) is 4.73. The molecular formula is C12H17FN4O3S. The highest BCUT2D eigenvalue weighted by Crippen LogP contribution is 2.18. The largest absolute Gasteiger partial charge is 0.409 e. The second kappa shape index (κ2) is 6.37. The first kappa shape index (κ1) is 15.7. The van der Waals surface area contributed by atoms with Gasteiger partial charge in [-0.1, -0.05) is 11.2 Å². The van der Waals surface area contributed by atoms with Crippen molar-refractivity contribution in [3.8, 4) is 0 Å². The van der Waals surface area contributed by atoms with Gasteiger partial charge >= 0.3 is 0 Å². The maximum Gasteiger partial charge on any atom is 0.243 e. The lowest BCUT2D eigenvalue weighted by atomic mass is 10.3. The number of amidine groups is 1. The molecule has 1 fully saturated rings. The molecule has 0 amide bonds. The van der Waals surface area contributed by atoms with Gasteiger partial charge in [0.15, 0.2) is 5.84 Å². The Hall–Kier alpha value is -1.71. The van der Waals surface area contributed by atoms with Crippen LogP contribution in [0.3, 0.4) is 0 Å². The highest BCUT2D eigenvalue weighted by Gasteiger charge is 2.28. The molecule has 1 saturated heterocycles. The van der Waals surface area contributed by atoms with Crippen molar-refractivity contribution in [1.29, 1.82) is 0 Å². The Morgan fingerprint density at radius 2 is 2.00 bits per heavy atom. The third-order valence-corrected chi connectivity index (χ3v) is 5.17. The van der Waals surface area contributed by atoms with Gasteiger partial charge in [-0.25, -0.2) is 12.8 Å². The molecule has 1 aromatic rings. The quantitative estimate of drug-likeness (QED) is 0.349. The van der Waals surface area contributed by atoms with Gasteiger partial charge in [0.1, 0.15) is 5.82 Å². The van der Waals surface area contributed by atoms with Gasteiger partial charge in [0.05, 0.1) is 11.4 Å². The molecule has 1 aromatic carbocycles. The number of benzene rings is 1. The smallest absolute Gasteiger partial charge is 0.243 e. The standard InChI is InChI=1S/C12H17FN4O3S/c13-10-2-1-3-11(8-10)21(19,20)17-6-4-16(5-7-17)9-12(14)15-18/h1-3,8,18H,4-7,9H2,(H2,14,15). The fourth-order valence-electron chi connectivity index (χ4n) is 2.17. The minimum atomic E-state index is -3.69. The molecule has 1 aliphatic heterocycles. The summed E-state index contributed by atoms with van der Waals surface area (Å²) < 4.78 is 39.2. The predicted octanol–water partition coefficient (Wildman–Crippen LogP) is -0.122. The van der Waals surface area contributed by atoms with Gasteiger partial charge in [-0.3, -0.25) is 4.90 Å². The minimum absolute atomic E-state index is 0.0487. The fourth-order valence-corrected chi connectivity index (χ4v) is 3.62. The van der Waals surface area contributed by atoms with Gasteiger partial charge in [-0.15, -0.1) is 0 Å². The molecular weight excluding hydrogens is 299 g/mol. The van der Waals surface area contributed by atoms with Crippen molar-refractivity contribution in [3.63, 3.8) is 0 Å². The summed E-state index contributed by atoms with van der Waals surface area (Å²) in [5.41, 5.74) is 5.42. The predicted molar refractivity (Wildman–Crippen MR) is 75.0 cm³/mol. The topological polar surface area (TPSA) is 99.2 Å². The Kier molecular flexibility index (Phi) is 4.76. The third-order valence-electron chi connectivity index (χ3n) is 3.28. The van der Waals surface area contributed by atoms with Crippen molar-refractivity contribution in [3.05, 3.63) is 30.1 Å². The molecule has 0 saturated carbocycles. The van der Waals surface area contributed by atoms with Crippen molar-refractivity contribution in [2.45, 2.75) is 4.90 Å². The number of hydrogen-bond donors (Lipinski definition) is 2. The minimum Gasteiger partial charge on any atom is -0.409 e. The fraction of sp³-hybridized carbons (Fsp3) is 0.417. The van der Waals surface area contributed by atoms with Gasteiger partial charge in [-0.2, -0.15) is 4.31 Å². The summed E-state index contributed by atoms with van der Waals surface area (Å²) in [6.45, 7) is 1.76. The van der Waals surface area contributed by atoms with E-state index in [-0.39, 0.29) is 30.4 Å². The van der Waals surface area contributed by atoms with E-state index in [0.717, 1.165) is 6.07 Å². The van der Waals surface area contributed by atoms with Crippen LogP contribution in [0, 0.1) is 5.82 Å². The average molecular weight is 316 g/mol. The van der Waals surface area contributed by atoms with Crippen LogP contribution in [-0.4, -0.2) is 61.4 Å². The van der Waals surface area contributed by atoms with Crippen molar-refractivity contribution in [2.75, 3.05) is 32.7 Å². The van der Waals surface area contributed by atoms with Gasteiger partial charge in [0.25, 0.3) is 0 Å². The average Bonchev–Trinajstić information content (AvgIpc) is 2.47. The zero-order chi connectivity index (χ0) is 15.5. The summed E-state index contributed by atoms with van der Waals surface area (Å²) in [5.74, 6) is -0.502. The maximum absolute atomic E-state index is 13.2. The molecule has 0 radical (unpaired) electrons. The maximum atomic E-state index is 13.2. The number of nitrogens with two attached hydrogens (primary N) is 1. The molecule has 0 unspecified atom stereocenters. The van der Waals surface area contributed by atoms with E-state index in [4.69, 9.17) is 10.9 Å². The first-order valence-electron chi connectivity index (χ1n) is 6.38. The van der Waals surface area contributed by atoms with Crippen LogP contribution in [0.1, 0.15) is 0 Å². The van der Waals surface area contributed by atoms with E-state index < -0.39 is 15.8 Å². The summed E-state index contributed by atoms with van der Waals surface area (Å²) in [5, 5.41) is 11.4. The lowest BCUT2D eigenvalue weighted by Crippen LogP contribution is -2.50. The Bertz CT molecular complexity index is 627. The van der Waals surface area contributed by atoms with E-state index in [1.165, 1.54) is 22.5 Å². The summed E-state index contributed by atoms with van der Waals surface area (Å²) in [7, 11) is -3.69. The van der Waals surface area contributed by atoms with E-state index in [1.807, 2.05) is 4.90 Å². The zero-order valence-corrected chi connectivity index (χ0v) is 12.1. The molecule has 1 heterocycles. The number of hydrogen-bond acceptors (Lipinski definition) is 5. The number of nitrogens with zero attached hydrogens (tertiary/aromatic N) is 3. The van der Waals surface area contributed by atoms with Crippen molar-refractivity contribution >= 4 is 15.9 Å². The lowest BCUT2D eigenvalue weighted by molar-refractivity contribution is 0.206. The van der Waals surface area contributed by atoms with Gasteiger partial charge in [0, 0.05) is 26.2 Å². The van der Waals surface area contributed by atoms with Crippen LogP contribution in [-0.2, 0) is 10.0 Å². The first-order chi connectivity index (χ1) is 9.93. The Labute approximate surface area is 122 Å². The molecule has 21 heavy (non-hydrogen) atoms. The zero-order valence-electron chi connectivity index (χ0n) is 11.3. The molecule has 116 valence electrons. The molecule has 0 aromatic heterocycles. The van der Waals surface area contributed by atoms with Crippen LogP contribution in [0.2, 0.25) is 0 Å². The highest BCUT2D eigenvalue weighted by atomic mass is 32.2. The number of rotatable bonds is 4.